The minimum Gasteiger partial charge on any atom is -0.493 e. The first-order valence-corrected chi connectivity index (χ1v) is 12.6. The van der Waals surface area contributed by atoms with Crippen LogP contribution in [0, 0.1) is 0 Å². The van der Waals surface area contributed by atoms with E-state index in [0.29, 0.717) is 29.9 Å². The second-order valence-electron chi connectivity index (χ2n) is 7.95. The quantitative estimate of drug-likeness (QED) is 0.315. The third-order valence-corrected chi connectivity index (χ3v) is 6.51. The first-order valence-electron chi connectivity index (χ1n) is 11.6. The highest BCUT2D eigenvalue weighted by molar-refractivity contribution is 7.99. The summed E-state index contributed by atoms with van der Waals surface area (Å²) in [6, 6.07) is 17.7. The van der Waals surface area contributed by atoms with Gasteiger partial charge in [0.1, 0.15) is 11.8 Å². The fourth-order valence-corrected chi connectivity index (χ4v) is 4.53. The van der Waals surface area contributed by atoms with Gasteiger partial charge in [-0.15, -0.1) is 5.10 Å². The average Bonchev–Trinajstić information content (AvgIpc) is 3.25. The summed E-state index contributed by atoms with van der Waals surface area (Å²) in [5, 5.41) is 8.63. The minimum atomic E-state index is -0.433. The number of esters is 1. The lowest BCUT2D eigenvalue weighted by Crippen LogP contribution is -2.29. The molecule has 1 atom stereocenters. The van der Waals surface area contributed by atoms with Crippen molar-refractivity contribution in [1.29, 1.82) is 0 Å². The first kappa shape index (κ1) is 23.9. The van der Waals surface area contributed by atoms with Crippen molar-refractivity contribution in [2.75, 3.05) is 24.3 Å². The number of hydrogen-bond acceptors (Lipinski definition) is 7. The Morgan fingerprint density at radius 2 is 1.88 bits per heavy atom. The molecule has 7 nitrogen and oxygen atoms in total. The molecule has 8 heteroatoms. The third-order valence-electron chi connectivity index (χ3n) is 5.46. The molecule has 1 unspecified atom stereocenters. The summed E-state index contributed by atoms with van der Waals surface area (Å²) in [7, 11) is 0. The van der Waals surface area contributed by atoms with E-state index in [1.165, 1.54) is 5.56 Å². The normalized spacial score (nSPS) is 15.0. The Balaban J connectivity index is 1.57. The second kappa shape index (κ2) is 11.2. The number of anilines is 1. The van der Waals surface area contributed by atoms with Crippen LogP contribution in [-0.2, 0) is 16.0 Å². The van der Waals surface area contributed by atoms with Gasteiger partial charge in [-0.25, -0.2) is 9.48 Å². The van der Waals surface area contributed by atoms with Crippen molar-refractivity contribution in [2.45, 2.75) is 44.8 Å². The van der Waals surface area contributed by atoms with E-state index < -0.39 is 6.04 Å². The summed E-state index contributed by atoms with van der Waals surface area (Å²) < 4.78 is 13.1. The van der Waals surface area contributed by atoms with Crippen molar-refractivity contribution in [3.8, 4) is 5.75 Å². The summed E-state index contributed by atoms with van der Waals surface area (Å²) in [5.74, 6) is 1.98. The van der Waals surface area contributed by atoms with Crippen LogP contribution in [0.15, 0.2) is 71.0 Å². The van der Waals surface area contributed by atoms with Gasteiger partial charge in [-0.2, -0.15) is 4.98 Å². The number of thioether (sulfide) groups is 1. The summed E-state index contributed by atoms with van der Waals surface area (Å²) in [6.07, 6.45) is 1.87. The van der Waals surface area contributed by atoms with Crippen LogP contribution >= 0.6 is 11.8 Å². The molecule has 0 amide bonds. The first-order chi connectivity index (χ1) is 16.6. The van der Waals surface area contributed by atoms with Crippen molar-refractivity contribution in [1.82, 2.24) is 14.8 Å². The van der Waals surface area contributed by atoms with Gasteiger partial charge < -0.3 is 14.8 Å². The van der Waals surface area contributed by atoms with Crippen molar-refractivity contribution in [3.63, 3.8) is 0 Å². The van der Waals surface area contributed by atoms with Crippen molar-refractivity contribution in [2.24, 2.45) is 0 Å². The van der Waals surface area contributed by atoms with E-state index >= 15 is 0 Å². The number of aromatic nitrogens is 3. The van der Waals surface area contributed by atoms with Gasteiger partial charge in [0.25, 0.3) is 0 Å². The van der Waals surface area contributed by atoms with Crippen molar-refractivity contribution in [3.05, 3.63) is 77.0 Å². The smallest absolute Gasteiger partial charge is 0.338 e. The molecule has 4 rings (SSSR count). The number of allylic oxidation sites excluding steroid dienone is 1. The number of nitrogens with zero attached hydrogens (tertiary/aromatic N) is 3. The van der Waals surface area contributed by atoms with Gasteiger partial charge in [0.05, 0.1) is 18.8 Å². The van der Waals surface area contributed by atoms with Crippen LogP contribution in [0.25, 0.3) is 0 Å². The molecule has 2 aromatic carbocycles. The van der Waals surface area contributed by atoms with E-state index in [1.807, 2.05) is 49.4 Å². The number of benzene rings is 2. The molecule has 0 bridgehead atoms. The van der Waals surface area contributed by atoms with Crippen LogP contribution in [0.5, 0.6) is 5.75 Å². The molecule has 1 N–H and O–H groups in total. The molecule has 34 heavy (non-hydrogen) atoms. The highest BCUT2D eigenvalue weighted by atomic mass is 32.2. The maximum absolute atomic E-state index is 12.9. The Kier molecular flexibility index (Phi) is 7.90. The number of carbonyl (C=O) groups excluding carboxylic acids is 1. The largest absolute Gasteiger partial charge is 0.493 e. The Hall–Kier alpha value is -3.26. The predicted molar refractivity (Wildman–Crippen MR) is 134 cm³/mol. The Labute approximate surface area is 204 Å². The van der Waals surface area contributed by atoms with E-state index in [2.05, 4.69) is 29.4 Å². The molecule has 1 aliphatic heterocycles. The van der Waals surface area contributed by atoms with E-state index in [4.69, 9.17) is 14.6 Å². The number of rotatable bonds is 10. The second-order valence-corrected chi connectivity index (χ2v) is 9.01. The lowest BCUT2D eigenvalue weighted by molar-refractivity contribution is -0.139. The molecule has 0 saturated carbocycles. The molecule has 1 aromatic heterocycles. The summed E-state index contributed by atoms with van der Waals surface area (Å²) in [5.41, 5.74) is 3.41. The van der Waals surface area contributed by atoms with Crippen LogP contribution in [0.1, 0.15) is 44.4 Å². The number of carbonyl (C=O) groups is 1. The van der Waals surface area contributed by atoms with Gasteiger partial charge in [-0.05, 0) is 43.5 Å². The number of fused-ring (bicyclic) bond motifs is 1. The molecular formula is C26H30N4O3S. The molecular weight excluding hydrogens is 448 g/mol. The third kappa shape index (κ3) is 5.44. The summed E-state index contributed by atoms with van der Waals surface area (Å²) in [4.78, 5) is 17.5. The zero-order valence-electron chi connectivity index (χ0n) is 19.8. The maximum Gasteiger partial charge on any atom is 0.338 e. The fraction of sp³-hybridized carbons (Fsp3) is 0.346. The van der Waals surface area contributed by atoms with Crippen LogP contribution in [0.2, 0.25) is 0 Å². The lowest BCUT2D eigenvalue weighted by Gasteiger charge is -2.28. The molecule has 3 aromatic rings. The fourth-order valence-electron chi connectivity index (χ4n) is 3.85. The monoisotopic (exact) mass is 478 g/mol. The van der Waals surface area contributed by atoms with Gasteiger partial charge in [-0.1, -0.05) is 61.2 Å². The molecule has 178 valence electrons. The van der Waals surface area contributed by atoms with Crippen LogP contribution in [-0.4, -0.2) is 39.7 Å². The van der Waals surface area contributed by atoms with E-state index in [9.17, 15) is 4.79 Å². The van der Waals surface area contributed by atoms with E-state index in [-0.39, 0.29) is 5.97 Å². The van der Waals surface area contributed by atoms with Crippen molar-refractivity contribution >= 4 is 23.7 Å². The number of nitrogens with one attached hydrogen (secondary N) is 1. The molecule has 0 saturated heterocycles. The van der Waals surface area contributed by atoms with Crippen LogP contribution in [0.3, 0.4) is 0 Å². The summed E-state index contributed by atoms with van der Waals surface area (Å²) >= 11 is 1.60. The van der Waals surface area contributed by atoms with E-state index in [0.717, 1.165) is 35.6 Å². The SMILES string of the molecule is CCCSc1nc2n(n1)C(c1ccc(OCCc3ccccc3)cc1)C(C(=O)OCC)=C(C)N2. The number of hydrogen-bond donors (Lipinski definition) is 1. The van der Waals surface area contributed by atoms with Gasteiger partial charge in [0, 0.05) is 17.9 Å². The Bertz CT molecular complexity index is 1140. The maximum atomic E-state index is 12.9. The number of ether oxygens (including phenoxy) is 2. The Morgan fingerprint density at radius 1 is 1.12 bits per heavy atom. The molecule has 1 aliphatic rings. The average molecular weight is 479 g/mol. The molecule has 0 fully saturated rings. The van der Waals surface area contributed by atoms with Crippen LogP contribution in [0.4, 0.5) is 5.95 Å². The van der Waals surface area contributed by atoms with Crippen molar-refractivity contribution < 1.29 is 14.3 Å². The standard InChI is InChI=1S/C26H30N4O3S/c1-4-17-34-26-28-25-27-18(3)22(24(31)32-5-2)23(30(25)29-26)20-11-13-21(14-12-20)33-16-15-19-9-7-6-8-10-19/h6-14,23H,4-5,15-17H2,1-3H3,(H,27,28,29). The summed E-state index contributed by atoms with van der Waals surface area (Å²) in [6.45, 7) is 6.70. The highest BCUT2D eigenvalue weighted by Gasteiger charge is 2.35. The van der Waals surface area contributed by atoms with Gasteiger partial charge in [0.15, 0.2) is 0 Å². The van der Waals surface area contributed by atoms with Gasteiger partial charge in [0.2, 0.25) is 11.1 Å². The van der Waals surface area contributed by atoms with Crippen LogP contribution < -0.4 is 10.1 Å². The highest BCUT2D eigenvalue weighted by Crippen LogP contribution is 2.37. The molecule has 0 spiro atoms. The molecule has 2 heterocycles. The van der Waals surface area contributed by atoms with E-state index in [1.54, 1.807) is 23.4 Å². The Morgan fingerprint density at radius 3 is 2.59 bits per heavy atom. The van der Waals surface area contributed by atoms with Gasteiger partial charge >= 0.3 is 5.97 Å². The topological polar surface area (TPSA) is 78.3 Å². The predicted octanol–water partition coefficient (Wildman–Crippen LogP) is 5.25. The molecule has 0 aliphatic carbocycles. The lowest BCUT2D eigenvalue weighted by atomic mass is 9.96. The molecule has 0 radical (unpaired) electrons. The zero-order valence-corrected chi connectivity index (χ0v) is 20.6. The zero-order chi connectivity index (χ0) is 23.9. The minimum absolute atomic E-state index is 0.304. The van der Waals surface area contributed by atoms with Gasteiger partial charge in [-0.3, -0.25) is 0 Å².